The Balaban J connectivity index is 1.75. The van der Waals surface area contributed by atoms with E-state index in [9.17, 15) is 14.0 Å². The maximum absolute atomic E-state index is 13.9. The number of fused-ring (bicyclic) bond motifs is 2. The van der Waals surface area contributed by atoms with Crippen LogP contribution in [0.15, 0.2) is 75.9 Å². The molecule has 3 aromatic carbocycles. The van der Waals surface area contributed by atoms with Crippen LogP contribution in [0.25, 0.3) is 11.0 Å². The highest BCUT2D eigenvalue weighted by molar-refractivity contribution is 6.10. The number of hydrogen-bond donors (Lipinski definition) is 0. The van der Waals surface area contributed by atoms with Gasteiger partial charge in [-0.15, -0.1) is 0 Å². The molecule has 0 bridgehead atoms. The van der Waals surface area contributed by atoms with Gasteiger partial charge in [-0.1, -0.05) is 57.2 Å². The molecule has 1 aliphatic rings. The fraction of sp³-hybridized carbons (Fsp3) is 0.214. The predicted octanol–water partition coefficient (Wildman–Crippen LogP) is 6.37. The standard InChI is InChI=1S/C28H24FNO3/c1-4-17-5-12-21(13-6-17)30-25(19-9-7-18(8-10-19)16(2)3)24-26(31)22-15-20(29)11-14-23(22)33-27(24)28(30)32/h5-16,25H,4H2,1-3H3. The molecule has 5 rings (SSSR count). The number of amides is 1. The molecule has 0 spiro atoms. The average Bonchev–Trinajstić information content (AvgIpc) is 3.12. The minimum Gasteiger partial charge on any atom is -0.450 e. The molecule has 2 heterocycles. The smallest absolute Gasteiger partial charge is 0.295 e. The number of rotatable bonds is 4. The van der Waals surface area contributed by atoms with Gasteiger partial charge in [-0.05, 0) is 59.4 Å². The zero-order valence-corrected chi connectivity index (χ0v) is 18.8. The number of aryl methyl sites for hydroxylation is 1. The summed E-state index contributed by atoms with van der Waals surface area (Å²) < 4.78 is 19.8. The van der Waals surface area contributed by atoms with Crippen molar-refractivity contribution in [1.82, 2.24) is 0 Å². The third-order valence-electron chi connectivity index (χ3n) is 6.37. The maximum atomic E-state index is 13.9. The second-order valence-corrected chi connectivity index (χ2v) is 8.73. The van der Waals surface area contributed by atoms with Crippen LogP contribution in [-0.4, -0.2) is 5.91 Å². The summed E-state index contributed by atoms with van der Waals surface area (Å²) in [5.41, 5.74) is 3.85. The van der Waals surface area contributed by atoms with E-state index in [0.29, 0.717) is 11.6 Å². The molecule has 0 radical (unpaired) electrons. The molecule has 1 unspecified atom stereocenters. The molecule has 0 aliphatic carbocycles. The zero-order valence-electron chi connectivity index (χ0n) is 18.8. The van der Waals surface area contributed by atoms with Crippen molar-refractivity contribution in [2.45, 2.75) is 39.2 Å². The van der Waals surface area contributed by atoms with E-state index in [2.05, 4.69) is 20.8 Å². The largest absolute Gasteiger partial charge is 0.450 e. The van der Waals surface area contributed by atoms with E-state index in [0.717, 1.165) is 23.1 Å². The summed E-state index contributed by atoms with van der Waals surface area (Å²) in [6.07, 6.45) is 0.880. The first-order valence-electron chi connectivity index (χ1n) is 11.2. The van der Waals surface area contributed by atoms with Crippen LogP contribution in [0.1, 0.15) is 65.5 Å². The van der Waals surface area contributed by atoms with Gasteiger partial charge in [0, 0.05) is 5.69 Å². The van der Waals surface area contributed by atoms with Gasteiger partial charge in [0.1, 0.15) is 11.4 Å². The van der Waals surface area contributed by atoms with Crippen LogP contribution in [0, 0.1) is 5.82 Å². The third-order valence-corrected chi connectivity index (χ3v) is 6.37. The molecule has 166 valence electrons. The second-order valence-electron chi connectivity index (χ2n) is 8.73. The quantitative estimate of drug-likeness (QED) is 0.370. The number of benzene rings is 3. The molecule has 0 N–H and O–H groups in total. The van der Waals surface area contributed by atoms with Crippen molar-refractivity contribution in [3.05, 3.63) is 111 Å². The Morgan fingerprint density at radius 3 is 2.30 bits per heavy atom. The molecule has 0 saturated heterocycles. The zero-order chi connectivity index (χ0) is 23.3. The van der Waals surface area contributed by atoms with Crippen LogP contribution >= 0.6 is 0 Å². The number of nitrogens with zero attached hydrogens (tertiary/aromatic N) is 1. The van der Waals surface area contributed by atoms with Crippen LogP contribution < -0.4 is 10.3 Å². The average molecular weight is 442 g/mol. The summed E-state index contributed by atoms with van der Waals surface area (Å²) >= 11 is 0. The molecular formula is C28H24FNO3. The highest BCUT2D eigenvalue weighted by Gasteiger charge is 2.43. The summed E-state index contributed by atoms with van der Waals surface area (Å²) in [6, 6.07) is 18.8. The van der Waals surface area contributed by atoms with E-state index in [1.165, 1.54) is 18.2 Å². The van der Waals surface area contributed by atoms with E-state index in [1.807, 2.05) is 48.5 Å². The van der Waals surface area contributed by atoms with Crippen molar-refractivity contribution in [3.8, 4) is 0 Å². The summed E-state index contributed by atoms with van der Waals surface area (Å²) in [4.78, 5) is 28.7. The van der Waals surface area contributed by atoms with Crippen molar-refractivity contribution >= 4 is 22.6 Å². The Morgan fingerprint density at radius 2 is 1.67 bits per heavy atom. The fourth-order valence-corrected chi connectivity index (χ4v) is 4.48. The lowest BCUT2D eigenvalue weighted by Gasteiger charge is -2.25. The van der Waals surface area contributed by atoms with Gasteiger partial charge >= 0.3 is 0 Å². The van der Waals surface area contributed by atoms with Crippen LogP contribution in [0.3, 0.4) is 0 Å². The second kappa shape index (κ2) is 8.00. The van der Waals surface area contributed by atoms with E-state index in [-0.39, 0.29) is 33.6 Å². The summed E-state index contributed by atoms with van der Waals surface area (Å²) in [5.74, 6) is -0.540. The lowest BCUT2D eigenvalue weighted by Crippen LogP contribution is -2.29. The van der Waals surface area contributed by atoms with Crippen molar-refractivity contribution in [2.24, 2.45) is 0 Å². The predicted molar refractivity (Wildman–Crippen MR) is 127 cm³/mol. The molecule has 4 aromatic rings. The van der Waals surface area contributed by atoms with Gasteiger partial charge in [-0.3, -0.25) is 14.5 Å². The number of halogens is 1. The molecule has 0 saturated carbocycles. The van der Waals surface area contributed by atoms with Crippen LogP contribution in [0.4, 0.5) is 10.1 Å². The molecule has 1 amide bonds. The Hall–Kier alpha value is -3.73. The number of hydrogen-bond acceptors (Lipinski definition) is 3. The van der Waals surface area contributed by atoms with Crippen LogP contribution in [0.2, 0.25) is 0 Å². The molecule has 33 heavy (non-hydrogen) atoms. The van der Waals surface area contributed by atoms with Gasteiger partial charge in [-0.2, -0.15) is 0 Å². The van der Waals surface area contributed by atoms with Crippen LogP contribution in [0.5, 0.6) is 0 Å². The van der Waals surface area contributed by atoms with Gasteiger partial charge < -0.3 is 4.42 Å². The minimum atomic E-state index is -0.662. The minimum absolute atomic E-state index is 0.0108. The highest BCUT2D eigenvalue weighted by atomic mass is 19.1. The molecule has 0 fully saturated rings. The third kappa shape index (κ3) is 3.44. The Kier molecular flexibility index (Phi) is 5.12. The molecule has 5 heteroatoms. The van der Waals surface area contributed by atoms with Crippen molar-refractivity contribution < 1.29 is 13.6 Å². The Morgan fingerprint density at radius 1 is 0.970 bits per heavy atom. The Labute approximate surface area is 191 Å². The van der Waals surface area contributed by atoms with E-state index in [1.54, 1.807) is 4.90 Å². The first-order chi connectivity index (χ1) is 15.9. The molecule has 1 aliphatic heterocycles. The maximum Gasteiger partial charge on any atom is 0.295 e. The van der Waals surface area contributed by atoms with Crippen molar-refractivity contribution in [1.29, 1.82) is 0 Å². The molecule has 1 atom stereocenters. The molecule has 4 nitrogen and oxygen atoms in total. The highest BCUT2D eigenvalue weighted by Crippen LogP contribution is 2.41. The van der Waals surface area contributed by atoms with Crippen LogP contribution in [-0.2, 0) is 6.42 Å². The van der Waals surface area contributed by atoms with E-state index < -0.39 is 11.9 Å². The normalized spacial score (nSPS) is 15.5. The van der Waals surface area contributed by atoms with E-state index in [4.69, 9.17) is 4.42 Å². The van der Waals surface area contributed by atoms with Gasteiger partial charge in [0.25, 0.3) is 5.91 Å². The van der Waals surface area contributed by atoms with Crippen molar-refractivity contribution in [3.63, 3.8) is 0 Å². The monoisotopic (exact) mass is 441 g/mol. The van der Waals surface area contributed by atoms with Gasteiger partial charge in [-0.25, -0.2) is 4.39 Å². The summed E-state index contributed by atoms with van der Waals surface area (Å²) in [7, 11) is 0. The van der Waals surface area contributed by atoms with Gasteiger partial charge in [0.2, 0.25) is 5.76 Å². The number of carbonyl (C=O) groups is 1. The first kappa shape index (κ1) is 21.1. The molecular weight excluding hydrogens is 417 g/mol. The topological polar surface area (TPSA) is 50.5 Å². The summed E-state index contributed by atoms with van der Waals surface area (Å²) in [6.45, 7) is 6.29. The Bertz CT molecular complexity index is 1420. The number of carbonyl (C=O) groups excluding carboxylic acids is 1. The summed E-state index contributed by atoms with van der Waals surface area (Å²) in [5, 5.41) is 0.133. The van der Waals surface area contributed by atoms with Gasteiger partial charge in [0.05, 0.1) is 17.0 Å². The van der Waals surface area contributed by atoms with E-state index >= 15 is 0 Å². The molecule has 1 aromatic heterocycles. The first-order valence-corrected chi connectivity index (χ1v) is 11.2. The van der Waals surface area contributed by atoms with Gasteiger partial charge in [0.15, 0.2) is 5.43 Å². The fourth-order valence-electron chi connectivity index (χ4n) is 4.48. The lowest BCUT2D eigenvalue weighted by atomic mass is 9.95. The lowest BCUT2D eigenvalue weighted by molar-refractivity contribution is 0.0971. The number of anilines is 1. The SMILES string of the molecule is CCc1ccc(N2C(=O)c3oc4ccc(F)cc4c(=O)c3C2c2ccc(C(C)C)cc2)cc1. The van der Waals surface area contributed by atoms with Crippen molar-refractivity contribution in [2.75, 3.05) is 4.90 Å².